The molecule has 2 aromatic rings. The number of likely N-dealkylation sites (N-methyl/N-ethyl adjacent to an activating group) is 1. The van der Waals surface area contributed by atoms with E-state index in [1.165, 1.54) is 13.2 Å². The molecule has 0 saturated carbocycles. The standard InChI is InChI=1S/C21H24FN3O3/c1-24(13-15-5-10-19(28-2)18(22)12-15)14-20(26)23-16-6-8-17(9-7-16)25-11-3-4-21(25)27/h5-10,12H,3-4,11,13-14H2,1-2H3,(H,23,26)/p+1. The summed E-state index contributed by atoms with van der Waals surface area (Å²) < 4.78 is 18.7. The molecule has 0 spiro atoms. The predicted molar refractivity (Wildman–Crippen MR) is 105 cm³/mol. The van der Waals surface area contributed by atoms with E-state index in [0.29, 0.717) is 18.7 Å². The molecule has 6 nitrogen and oxygen atoms in total. The number of rotatable bonds is 7. The molecule has 1 atom stereocenters. The molecule has 1 fully saturated rings. The molecule has 1 unspecified atom stereocenters. The maximum absolute atomic E-state index is 13.8. The first-order valence-corrected chi connectivity index (χ1v) is 9.30. The van der Waals surface area contributed by atoms with Crippen molar-refractivity contribution in [2.24, 2.45) is 0 Å². The fourth-order valence-corrected chi connectivity index (χ4v) is 3.36. The highest BCUT2D eigenvalue weighted by Gasteiger charge is 2.21. The van der Waals surface area contributed by atoms with Gasteiger partial charge in [-0.05, 0) is 48.9 Å². The molecular formula is C21H25FN3O3+. The Kier molecular flexibility index (Phi) is 6.26. The van der Waals surface area contributed by atoms with Gasteiger partial charge in [-0.2, -0.15) is 0 Å². The summed E-state index contributed by atoms with van der Waals surface area (Å²) in [7, 11) is 3.30. The zero-order valence-corrected chi connectivity index (χ0v) is 16.1. The van der Waals surface area contributed by atoms with Crippen LogP contribution in [0.5, 0.6) is 5.75 Å². The van der Waals surface area contributed by atoms with Gasteiger partial charge in [-0.15, -0.1) is 0 Å². The second-order valence-electron chi connectivity index (χ2n) is 7.02. The second-order valence-corrected chi connectivity index (χ2v) is 7.02. The Balaban J connectivity index is 1.52. The SMILES string of the molecule is COc1ccc(C[NH+](C)CC(=O)Nc2ccc(N3CCCC3=O)cc2)cc1F. The molecule has 1 aliphatic rings. The average Bonchev–Trinajstić information content (AvgIpc) is 3.08. The van der Waals surface area contributed by atoms with Gasteiger partial charge in [0.15, 0.2) is 18.1 Å². The van der Waals surface area contributed by atoms with Crippen molar-refractivity contribution in [1.82, 2.24) is 0 Å². The number of methoxy groups -OCH3 is 1. The Morgan fingerprint density at radius 1 is 1.25 bits per heavy atom. The molecular weight excluding hydrogens is 361 g/mol. The molecule has 1 heterocycles. The lowest BCUT2D eigenvalue weighted by Gasteiger charge is -2.17. The van der Waals surface area contributed by atoms with Gasteiger partial charge in [0.25, 0.3) is 5.91 Å². The van der Waals surface area contributed by atoms with Crippen LogP contribution in [0.2, 0.25) is 0 Å². The van der Waals surface area contributed by atoms with Crippen molar-refractivity contribution < 1.29 is 23.6 Å². The fraction of sp³-hybridized carbons (Fsp3) is 0.333. The van der Waals surface area contributed by atoms with Crippen molar-refractivity contribution in [2.75, 3.05) is 37.5 Å². The fourth-order valence-electron chi connectivity index (χ4n) is 3.36. The summed E-state index contributed by atoms with van der Waals surface area (Å²) in [4.78, 5) is 26.8. The van der Waals surface area contributed by atoms with Crippen LogP contribution in [0.25, 0.3) is 0 Å². The van der Waals surface area contributed by atoms with E-state index in [2.05, 4.69) is 5.32 Å². The lowest BCUT2D eigenvalue weighted by Crippen LogP contribution is -3.08. The molecule has 2 N–H and O–H groups in total. The van der Waals surface area contributed by atoms with Gasteiger partial charge in [0.05, 0.1) is 14.2 Å². The number of quaternary nitrogens is 1. The van der Waals surface area contributed by atoms with Gasteiger partial charge in [0.2, 0.25) is 5.91 Å². The third kappa shape index (κ3) is 4.86. The number of carbonyl (C=O) groups is 2. The maximum Gasteiger partial charge on any atom is 0.279 e. The van der Waals surface area contributed by atoms with Gasteiger partial charge in [-0.1, -0.05) is 0 Å². The van der Waals surface area contributed by atoms with Gasteiger partial charge < -0.3 is 19.9 Å². The van der Waals surface area contributed by atoms with Crippen LogP contribution < -0.4 is 19.9 Å². The van der Waals surface area contributed by atoms with Crippen LogP contribution in [0.15, 0.2) is 42.5 Å². The van der Waals surface area contributed by atoms with E-state index in [4.69, 9.17) is 4.74 Å². The largest absolute Gasteiger partial charge is 0.494 e. The number of amides is 2. The number of hydrogen-bond donors (Lipinski definition) is 2. The van der Waals surface area contributed by atoms with Gasteiger partial charge in [0, 0.05) is 29.9 Å². The molecule has 0 aliphatic carbocycles. The van der Waals surface area contributed by atoms with Crippen LogP contribution in [-0.2, 0) is 16.1 Å². The number of ether oxygens (including phenoxy) is 1. The van der Waals surface area contributed by atoms with Crippen LogP contribution in [0, 0.1) is 5.82 Å². The molecule has 28 heavy (non-hydrogen) atoms. The number of carbonyl (C=O) groups excluding carboxylic acids is 2. The highest BCUT2D eigenvalue weighted by molar-refractivity contribution is 5.96. The zero-order valence-electron chi connectivity index (χ0n) is 16.1. The summed E-state index contributed by atoms with van der Waals surface area (Å²) in [6.07, 6.45) is 1.47. The Hall–Kier alpha value is -2.93. The number of halogens is 1. The second kappa shape index (κ2) is 8.84. The van der Waals surface area contributed by atoms with Gasteiger partial charge in [-0.25, -0.2) is 4.39 Å². The average molecular weight is 386 g/mol. The van der Waals surface area contributed by atoms with Crippen molar-refractivity contribution in [3.8, 4) is 5.75 Å². The molecule has 0 bridgehead atoms. The number of nitrogens with one attached hydrogen (secondary N) is 2. The smallest absolute Gasteiger partial charge is 0.279 e. The van der Waals surface area contributed by atoms with Crippen LogP contribution in [0.3, 0.4) is 0 Å². The summed E-state index contributed by atoms with van der Waals surface area (Å²) in [6.45, 7) is 1.51. The summed E-state index contributed by atoms with van der Waals surface area (Å²) >= 11 is 0. The maximum atomic E-state index is 13.8. The number of hydrogen-bond acceptors (Lipinski definition) is 3. The minimum atomic E-state index is -0.408. The van der Waals surface area contributed by atoms with Gasteiger partial charge in [-0.3, -0.25) is 9.59 Å². The number of nitrogens with zero attached hydrogens (tertiary/aromatic N) is 1. The summed E-state index contributed by atoms with van der Waals surface area (Å²) in [5.41, 5.74) is 2.33. The van der Waals surface area contributed by atoms with Gasteiger partial charge >= 0.3 is 0 Å². The van der Waals surface area contributed by atoms with Crippen LogP contribution in [0.1, 0.15) is 18.4 Å². The topological polar surface area (TPSA) is 63.1 Å². The molecule has 1 aliphatic heterocycles. The Bertz CT molecular complexity index is 854. The first kappa shape index (κ1) is 19.8. The van der Waals surface area contributed by atoms with E-state index >= 15 is 0 Å². The minimum absolute atomic E-state index is 0.128. The molecule has 0 radical (unpaired) electrons. The molecule has 2 amide bonds. The normalized spacial score (nSPS) is 14.8. The van der Waals surface area contributed by atoms with Crippen molar-refractivity contribution in [3.05, 3.63) is 53.8 Å². The highest BCUT2D eigenvalue weighted by atomic mass is 19.1. The van der Waals surface area contributed by atoms with Crippen molar-refractivity contribution in [1.29, 1.82) is 0 Å². The number of benzene rings is 2. The van der Waals surface area contributed by atoms with Crippen LogP contribution >= 0.6 is 0 Å². The summed E-state index contributed by atoms with van der Waals surface area (Å²) in [5, 5.41) is 2.86. The summed E-state index contributed by atoms with van der Waals surface area (Å²) in [6, 6.07) is 12.1. The zero-order chi connectivity index (χ0) is 20.1. The Labute approximate surface area is 163 Å². The van der Waals surface area contributed by atoms with Gasteiger partial charge in [0.1, 0.15) is 6.54 Å². The van der Waals surface area contributed by atoms with Crippen molar-refractivity contribution >= 4 is 23.2 Å². The Morgan fingerprint density at radius 2 is 2.00 bits per heavy atom. The monoisotopic (exact) mass is 386 g/mol. The van der Waals surface area contributed by atoms with Crippen molar-refractivity contribution in [3.63, 3.8) is 0 Å². The van der Waals surface area contributed by atoms with E-state index < -0.39 is 5.82 Å². The molecule has 3 rings (SSSR count). The lowest BCUT2D eigenvalue weighted by atomic mass is 10.2. The number of anilines is 2. The molecule has 7 heteroatoms. The van der Waals surface area contributed by atoms with Crippen LogP contribution in [0.4, 0.5) is 15.8 Å². The highest BCUT2D eigenvalue weighted by Crippen LogP contribution is 2.23. The van der Waals surface area contributed by atoms with E-state index in [9.17, 15) is 14.0 Å². The van der Waals surface area contributed by atoms with E-state index in [0.717, 1.165) is 29.1 Å². The van der Waals surface area contributed by atoms with E-state index in [1.54, 1.807) is 29.2 Å². The quantitative estimate of drug-likeness (QED) is 0.760. The van der Waals surface area contributed by atoms with Crippen LogP contribution in [-0.4, -0.2) is 39.1 Å². The molecule has 0 aromatic heterocycles. The third-order valence-electron chi connectivity index (χ3n) is 4.72. The summed E-state index contributed by atoms with van der Waals surface area (Å²) in [5.74, 6) is -0.194. The first-order chi connectivity index (χ1) is 13.5. The van der Waals surface area contributed by atoms with E-state index in [1.807, 2.05) is 19.2 Å². The minimum Gasteiger partial charge on any atom is -0.494 e. The Morgan fingerprint density at radius 3 is 2.61 bits per heavy atom. The molecule has 148 valence electrons. The third-order valence-corrected chi connectivity index (χ3v) is 4.72. The first-order valence-electron chi connectivity index (χ1n) is 9.30. The predicted octanol–water partition coefficient (Wildman–Crippen LogP) is 1.61. The molecule has 2 aromatic carbocycles. The molecule has 1 saturated heterocycles. The lowest BCUT2D eigenvalue weighted by molar-refractivity contribution is -0.885. The van der Waals surface area contributed by atoms with E-state index in [-0.39, 0.29) is 24.1 Å². The van der Waals surface area contributed by atoms with Crippen molar-refractivity contribution in [2.45, 2.75) is 19.4 Å².